The molecule has 0 fully saturated rings. The lowest BCUT2D eigenvalue weighted by Crippen LogP contribution is -2.25. The van der Waals surface area contributed by atoms with Crippen LogP contribution in [0, 0.1) is 0 Å². The fraction of sp³-hybridized carbons (Fsp3) is 0.0141. The first-order chi connectivity index (χ1) is 36.7. The molecule has 2 aromatic heterocycles. The van der Waals surface area contributed by atoms with Crippen LogP contribution < -0.4 is 4.90 Å². The van der Waals surface area contributed by atoms with Gasteiger partial charge in [0.2, 0.25) is 0 Å². The van der Waals surface area contributed by atoms with Crippen LogP contribution in [0.1, 0.15) is 22.3 Å². The van der Waals surface area contributed by atoms with Crippen LogP contribution in [0.4, 0.5) is 17.1 Å². The van der Waals surface area contributed by atoms with E-state index >= 15 is 0 Å². The smallest absolute Gasteiger partial charge is 0.159 e. The van der Waals surface area contributed by atoms with Crippen LogP contribution in [0.2, 0.25) is 0 Å². The van der Waals surface area contributed by atoms with E-state index in [1.54, 1.807) is 0 Å². The van der Waals surface area contributed by atoms with Gasteiger partial charge in [0.25, 0.3) is 0 Å². The molecule has 0 bridgehead atoms. The lowest BCUT2D eigenvalue weighted by molar-refractivity contribution is 0.669. The van der Waals surface area contributed by atoms with E-state index in [0.29, 0.717) is 0 Å². The molecule has 3 nitrogen and oxygen atoms in total. The molecule has 1 unspecified atom stereocenters. The summed E-state index contributed by atoms with van der Waals surface area (Å²) in [6.07, 6.45) is 0. The third-order valence-electron chi connectivity index (χ3n) is 16.2. The Morgan fingerprint density at radius 3 is 1.74 bits per heavy atom. The van der Waals surface area contributed by atoms with Gasteiger partial charge < -0.3 is 13.9 Å². The first-order valence-electron chi connectivity index (χ1n) is 25.6. The van der Waals surface area contributed by atoms with Gasteiger partial charge in [0.15, 0.2) is 5.58 Å². The second-order valence-electron chi connectivity index (χ2n) is 19.9. The van der Waals surface area contributed by atoms with Crippen molar-refractivity contribution < 1.29 is 4.42 Å². The first-order valence-corrected chi connectivity index (χ1v) is 25.6. The van der Waals surface area contributed by atoms with Crippen LogP contribution in [0.25, 0.3) is 105 Å². The van der Waals surface area contributed by atoms with Crippen molar-refractivity contribution in [1.82, 2.24) is 4.57 Å². The van der Waals surface area contributed by atoms with Crippen molar-refractivity contribution in [3.63, 3.8) is 0 Å². The predicted octanol–water partition coefficient (Wildman–Crippen LogP) is 19.0. The number of hydrogen-bond donors (Lipinski definition) is 0. The number of hydrogen-bond acceptors (Lipinski definition) is 2. The summed E-state index contributed by atoms with van der Waals surface area (Å²) in [4.78, 5) is 2.34. The fourth-order valence-electron chi connectivity index (χ4n) is 13.1. The van der Waals surface area contributed by atoms with Crippen LogP contribution in [-0.2, 0) is 5.41 Å². The third-order valence-corrected chi connectivity index (χ3v) is 16.2. The maximum absolute atomic E-state index is 6.70. The Hall–Kier alpha value is -9.70. The molecule has 0 aliphatic heterocycles. The largest absolute Gasteiger partial charge is 0.454 e. The van der Waals surface area contributed by atoms with Crippen LogP contribution in [0.5, 0.6) is 0 Å². The molecule has 1 atom stereocenters. The molecule has 14 aromatic rings. The minimum atomic E-state index is -0.529. The zero-order chi connectivity index (χ0) is 48.5. The molecule has 344 valence electrons. The lowest BCUT2D eigenvalue weighted by Gasteiger charge is -2.31. The summed E-state index contributed by atoms with van der Waals surface area (Å²) in [5.74, 6) is 0. The number of benzene rings is 12. The molecule has 2 aliphatic rings. The molecule has 3 heteroatoms. The van der Waals surface area contributed by atoms with E-state index in [4.69, 9.17) is 4.42 Å². The number of furan rings is 1. The Morgan fingerprint density at radius 1 is 0.351 bits per heavy atom. The lowest BCUT2D eigenvalue weighted by atomic mass is 9.70. The highest BCUT2D eigenvalue weighted by Crippen LogP contribution is 2.65. The van der Waals surface area contributed by atoms with Crippen molar-refractivity contribution >= 4 is 71.6 Å². The highest BCUT2D eigenvalue weighted by Gasteiger charge is 2.52. The highest BCUT2D eigenvalue weighted by molar-refractivity contribution is 6.19. The van der Waals surface area contributed by atoms with Crippen molar-refractivity contribution in [3.05, 3.63) is 289 Å². The molecular formula is C71H44N2O. The quantitative estimate of drug-likeness (QED) is 0.166. The van der Waals surface area contributed by atoms with Crippen molar-refractivity contribution in [2.45, 2.75) is 5.41 Å². The van der Waals surface area contributed by atoms with Gasteiger partial charge in [0.05, 0.1) is 27.8 Å². The molecule has 0 saturated carbocycles. The summed E-state index contributed by atoms with van der Waals surface area (Å²) in [5.41, 5.74) is 23.1. The maximum Gasteiger partial charge on any atom is 0.159 e. The Labute approximate surface area is 428 Å². The van der Waals surface area contributed by atoms with E-state index in [0.717, 1.165) is 44.6 Å². The van der Waals surface area contributed by atoms with Crippen LogP contribution in [-0.4, -0.2) is 4.57 Å². The van der Waals surface area contributed by atoms with Crippen molar-refractivity contribution in [2.24, 2.45) is 0 Å². The average Bonchev–Trinajstić information content (AvgIpc) is 4.22. The van der Waals surface area contributed by atoms with E-state index in [2.05, 4.69) is 270 Å². The van der Waals surface area contributed by atoms with Gasteiger partial charge in [0.1, 0.15) is 5.58 Å². The molecule has 0 amide bonds. The van der Waals surface area contributed by atoms with Gasteiger partial charge >= 0.3 is 0 Å². The molecule has 0 radical (unpaired) electrons. The SMILES string of the molecule is c1ccc(-c2ccc(N(c3ccc(-c4ccc5c(c4)C4(c6ccccc6-5)c5ccccc5-c5c4ccc4c5c5ccccc5n4-c4cccc5ccccc45)cc3)c3cccc4c3oc3ccccc34)cc2)cc1. The molecule has 0 saturated heterocycles. The van der Waals surface area contributed by atoms with Gasteiger partial charge in [-0.15, -0.1) is 0 Å². The van der Waals surface area contributed by atoms with Gasteiger partial charge in [-0.25, -0.2) is 0 Å². The monoisotopic (exact) mass is 940 g/mol. The van der Waals surface area contributed by atoms with E-state index in [1.807, 2.05) is 6.07 Å². The van der Waals surface area contributed by atoms with Crippen LogP contribution >= 0.6 is 0 Å². The van der Waals surface area contributed by atoms with Crippen LogP contribution in [0.3, 0.4) is 0 Å². The minimum absolute atomic E-state index is 0.529. The third kappa shape index (κ3) is 5.66. The van der Waals surface area contributed by atoms with Gasteiger partial charge in [-0.1, -0.05) is 206 Å². The first kappa shape index (κ1) is 41.0. The molecule has 74 heavy (non-hydrogen) atoms. The van der Waals surface area contributed by atoms with E-state index in [9.17, 15) is 0 Å². The van der Waals surface area contributed by atoms with Gasteiger partial charge in [-0.3, -0.25) is 0 Å². The molecule has 2 aliphatic carbocycles. The van der Waals surface area contributed by atoms with Gasteiger partial charge in [0, 0.05) is 38.3 Å². The van der Waals surface area contributed by atoms with Crippen molar-refractivity contribution in [3.8, 4) is 50.2 Å². The summed E-state index contributed by atoms with van der Waals surface area (Å²) in [7, 11) is 0. The second kappa shape index (κ2) is 15.6. The second-order valence-corrected chi connectivity index (χ2v) is 19.9. The Morgan fingerprint density at radius 2 is 0.932 bits per heavy atom. The minimum Gasteiger partial charge on any atom is -0.454 e. The molecule has 12 aromatic carbocycles. The summed E-state index contributed by atoms with van der Waals surface area (Å²) in [6.45, 7) is 0. The number of aromatic nitrogens is 1. The highest BCUT2D eigenvalue weighted by atomic mass is 16.3. The van der Waals surface area contributed by atoms with E-state index < -0.39 is 5.41 Å². The summed E-state index contributed by atoms with van der Waals surface area (Å²) in [5, 5.41) is 7.24. The Kier molecular flexibility index (Phi) is 8.66. The van der Waals surface area contributed by atoms with Gasteiger partial charge in [-0.2, -0.15) is 0 Å². The fourth-order valence-corrected chi connectivity index (χ4v) is 13.1. The predicted molar refractivity (Wildman–Crippen MR) is 307 cm³/mol. The standard InChI is InChI=1S/C71H44N2O/c1-2-16-45(17-3-1)46-32-37-50(38-33-46)72(66-30-15-25-56-55-22-9-13-31-67(55)74-70(56)66)51-39-34-47(35-40-51)49-36-41-54-53-21-6-10-26-59(53)71(62(54)44-49)60-27-11-7-23-57(60)68-61(71)42-43-65-69(68)58-24-8-12-28-64(58)73(65)63-29-14-19-48-18-4-5-20-52(48)63/h1-44H. The molecule has 1 spiro atoms. The van der Waals surface area contributed by atoms with Crippen molar-refractivity contribution in [1.29, 1.82) is 0 Å². The zero-order valence-electron chi connectivity index (χ0n) is 40.2. The van der Waals surface area contributed by atoms with Crippen molar-refractivity contribution in [2.75, 3.05) is 4.90 Å². The summed E-state index contributed by atoms with van der Waals surface area (Å²) >= 11 is 0. The van der Waals surface area contributed by atoms with E-state index in [-0.39, 0.29) is 0 Å². The van der Waals surface area contributed by atoms with Crippen LogP contribution in [0.15, 0.2) is 271 Å². The van der Waals surface area contributed by atoms with E-state index in [1.165, 1.54) is 99.5 Å². The summed E-state index contributed by atoms with van der Waals surface area (Å²) < 4.78 is 9.19. The number of nitrogens with zero attached hydrogens (tertiary/aromatic N) is 2. The molecular weight excluding hydrogens is 897 g/mol. The summed E-state index contributed by atoms with van der Waals surface area (Å²) in [6, 6.07) is 98.2. The number of para-hydroxylation sites is 3. The number of anilines is 3. The maximum atomic E-state index is 6.70. The number of fused-ring (bicyclic) bond motifs is 18. The average molecular weight is 941 g/mol. The number of rotatable bonds is 6. The van der Waals surface area contributed by atoms with Gasteiger partial charge in [-0.05, 0) is 133 Å². The zero-order valence-corrected chi connectivity index (χ0v) is 40.2. The molecule has 0 N–H and O–H groups in total. The molecule has 2 heterocycles. The molecule has 16 rings (SSSR count). The Bertz CT molecular complexity index is 4590. The Balaban J connectivity index is 0.872. The normalized spacial score (nSPS) is 14.3. The topological polar surface area (TPSA) is 21.3 Å².